The van der Waals surface area contributed by atoms with Crippen molar-refractivity contribution in [2.24, 2.45) is 0 Å². The standard InChI is InChI=1S/C13H20N6O3S2/c1-3-23-13-18-17-12(24-13)16-10(21)7-19-5-4-15-11(22)8(19)6-9(20)14-2/h8H,3-7H2,1-2H3,(H,14,20)(H,15,22)(H,16,17,21)/t8-/m1/s1. The van der Waals surface area contributed by atoms with Crippen LogP contribution in [-0.2, 0) is 14.4 Å². The second kappa shape index (κ2) is 8.94. The lowest BCUT2D eigenvalue weighted by Gasteiger charge is -2.33. The summed E-state index contributed by atoms with van der Waals surface area (Å²) in [5, 5.41) is 16.2. The Morgan fingerprint density at radius 2 is 2.21 bits per heavy atom. The lowest BCUT2D eigenvalue weighted by Crippen LogP contribution is -2.57. The Bertz CT molecular complexity index is 608. The van der Waals surface area contributed by atoms with Crippen molar-refractivity contribution >= 4 is 46.0 Å². The summed E-state index contributed by atoms with van der Waals surface area (Å²) in [6.07, 6.45) is 0.0196. The minimum Gasteiger partial charge on any atom is -0.359 e. The van der Waals surface area contributed by atoms with E-state index in [-0.39, 0.29) is 30.7 Å². The Morgan fingerprint density at radius 3 is 2.92 bits per heavy atom. The Balaban J connectivity index is 1.94. The van der Waals surface area contributed by atoms with Gasteiger partial charge in [-0.05, 0) is 5.75 Å². The molecule has 1 fully saturated rings. The monoisotopic (exact) mass is 372 g/mol. The van der Waals surface area contributed by atoms with Crippen molar-refractivity contribution in [1.82, 2.24) is 25.7 Å². The summed E-state index contributed by atoms with van der Waals surface area (Å²) in [6, 6.07) is -0.648. The average molecular weight is 372 g/mol. The van der Waals surface area contributed by atoms with Crippen LogP contribution in [0.4, 0.5) is 5.13 Å². The molecule has 3 N–H and O–H groups in total. The zero-order valence-corrected chi connectivity index (χ0v) is 15.1. The summed E-state index contributed by atoms with van der Waals surface area (Å²) in [5.74, 6) is 0.117. The Hall–Kier alpha value is -1.72. The molecule has 0 saturated carbocycles. The smallest absolute Gasteiger partial charge is 0.240 e. The molecule has 3 amide bonds. The number of piperazine rings is 1. The molecule has 0 bridgehead atoms. The first-order valence-corrected chi connectivity index (χ1v) is 9.32. The van der Waals surface area contributed by atoms with Gasteiger partial charge in [0.2, 0.25) is 22.9 Å². The number of hydrogen-bond acceptors (Lipinski definition) is 8. The molecule has 0 aliphatic carbocycles. The highest BCUT2D eigenvalue weighted by Crippen LogP contribution is 2.24. The highest BCUT2D eigenvalue weighted by atomic mass is 32.2. The van der Waals surface area contributed by atoms with Gasteiger partial charge < -0.3 is 10.6 Å². The van der Waals surface area contributed by atoms with E-state index in [0.29, 0.717) is 18.2 Å². The zero-order chi connectivity index (χ0) is 17.5. The molecule has 1 aliphatic rings. The van der Waals surface area contributed by atoms with E-state index in [2.05, 4.69) is 26.1 Å². The van der Waals surface area contributed by atoms with Gasteiger partial charge in [-0.15, -0.1) is 10.2 Å². The molecule has 0 unspecified atom stereocenters. The lowest BCUT2D eigenvalue weighted by atomic mass is 10.1. The van der Waals surface area contributed by atoms with E-state index in [9.17, 15) is 14.4 Å². The molecule has 9 nitrogen and oxygen atoms in total. The molecule has 1 aliphatic heterocycles. The third kappa shape index (κ3) is 5.14. The molecule has 1 aromatic rings. The van der Waals surface area contributed by atoms with Crippen LogP contribution in [0.3, 0.4) is 0 Å². The van der Waals surface area contributed by atoms with Gasteiger partial charge in [0.15, 0.2) is 4.34 Å². The van der Waals surface area contributed by atoms with E-state index >= 15 is 0 Å². The van der Waals surface area contributed by atoms with E-state index in [1.807, 2.05) is 6.92 Å². The number of aromatic nitrogens is 2. The maximum absolute atomic E-state index is 12.2. The number of amides is 3. The molecule has 0 aromatic carbocycles. The van der Waals surface area contributed by atoms with Crippen LogP contribution in [0, 0.1) is 0 Å². The van der Waals surface area contributed by atoms with Crippen molar-refractivity contribution in [3.8, 4) is 0 Å². The molecule has 1 saturated heterocycles. The molecule has 2 rings (SSSR count). The molecule has 0 radical (unpaired) electrons. The fourth-order valence-electron chi connectivity index (χ4n) is 2.24. The predicted octanol–water partition coefficient (Wildman–Crippen LogP) is -0.475. The van der Waals surface area contributed by atoms with Crippen LogP contribution < -0.4 is 16.0 Å². The Kier molecular flexibility index (Phi) is 6.94. The van der Waals surface area contributed by atoms with Gasteiger partial charge in [0.25, 0.3) is 0 Å². The van der Waals surface area contributed by atoms with E-state index < -0.39 is 6.04 Å². The molecule has 1 atom stereocenters. The predicted molar refractivity (Wildman–Crippen MR) is 92.0 cm³/mol. The van der Waals surface area contributed by atoms with Crippen molar-refractivity contribution in [1.29, 1.82) is 0 Å². The highest BCUT2D eigenvalue weighted by molar-refractivity contribution is 8.01. The SMILES string of the molecule is CCSc1nnc(NC(=O)CN2CCNC(=O)[C@H]2CC(=O)NC)s1. The number of carbonyl (C=O) groups excluding carboxylic acids is 3. The summed E-state index contributed by atoms with van der Waals surface area (Å²) in [5.41, 5.74) is 0. The topological polar surface area (TPSA) is 116 Å². The van der Waals surface area contributed by atoms with Crippen molar-refractivity contribution in [3.05, 3.63) is 0 Å². The number of nitrogens with one attached hydrogen (secondary N) is 3. The molecule has 1 aromatic heterocycles. The minimum atomic E-state index is -0.648. The molecule has 24 heavy (non-hydrogen) atoms. The summed E-state index contributed by atoms with van der Waals surface area (Å²) < 4.78 is 0.794. The van der Waals surface area contributed by atoms with E-state index in [4.69, 9.17) is 0 Å². The van der Waals surface area contributed by atoms with Crippen LogP contribution in [-0.4, -0.2) is 71.3 Å². The highest BCUT2D eigenvalue weighted by Gasteiger charge is 2.32. The van der Waals surface area contributed by atoms with Crippen LogP contribution in [0.5, 0.6) is 0 Å². The fraction of sp³-hybridized carbons (Fsp3) is 0.615. The Morgan fingerprint density at radius 1 is 1.42 bits per heavy atom. The minimum absolute atomic E-state index is 0.0188. The largest absolute Gasteiger partial charge is 0.359 e. The zero-order valence-electron chi connectivity index (χ0n) is 13.5. The van der Waals surface area contributed by atoms with Gasteiger partial charge in [0.05, 0.1) is 19.0 Å². The summed E-state index contributed by atoms with van der Waals surface area (Å²) in [6.45, 7) is 2.99. The second-order valence-corrected chi connectivity index (χ2v) is 7.50. The van der Waals surface area contributed by atoms with Crippen molar-refractivity contribution in [2.75, 3.05) is 37.8 Å². The van der Waals surface area contributed by atoms with Gasteiger partial charge in [0, 0.05) is 20.1 Å². The van der Waals surface area contributed by atoms with Gasteiger partial charge in [-0.2, -0.15) is 0 Å². The van der Waals surface area contributed by atoms with Crippen molar-refractivity contribution in [3.63, 3.8) is 0 Å². The van der Waals surface area contributed by atoms with E-state index in [1.54, 1.807) is 16.7 Å². The van der Waals surface area contributed by atoms with Crippen molar-refractivity contribution < 1.29 is 14.4 Å². The molecule has 11 heteroatoms. The van der Waals surface area contributed by atoms with Crippen molar-refractivity contribution in [2.45, 2.75) is 23.7 Å². The number of anilines is 1. The normalized spacial score (nSPS) is 18.1. The van der Waals surface area contributed by atoms with Gasteiger partial charge in [-0.25, -0.2) is 0 Å². The summed E-state index contributed by atoms with van der Waals surface area (Å²) >= 11 is 2.87. The quantitative estimate of drug-likeness (QED) is 0.437. The summed E-state index contributed by atoms with van der Waals surface area (Å²) in [4.78, 5) is 37.5. The van der Waals surface area contributed by atoms with Crippen LogP contribution in [0.15, 0.2) is 4.34 Å². The first kappa shape index (κ1) is 18.6. The van der Waals surface area contributed by atoms with Gasteiger partial charge in [-0.3, -0.25) is 24.6 Å². The maximum atomic E-state index is 12.2. The maximum Gasteiger partial charge on any atom is 0.240 e. The molecular weight excluding hydrogens is 352 g/mol. The van der Waals surface area contributed by atoms with E-state index in [1.165, 1.54) is 18.4 Å². The average Bonchev–Trinajstić information content (AvgIpc) is 2.97. The number of nitrogens with zero attached hydrogens (tertiary/aromatic N) is 3. The first-order chi connectivity index (χ1) is 11.5. The lowest BCUT2D eigenvalue weighted by molar-refractivity contribution is -0.135. The van der Waals surface area contributed by atoms with Gasteiger partial charge in [0.1, 0.15) is 0 Å². The van der Waals surface area contributed by atoms with Gasteiger partial charge in [-0.1, -0.05) is 30.0 Å². The number of hydrogen-bond donors (Lipinski definition) is 3. The third-order valence-corrected chi connectivity index (χ3v) is 5.22. The van der Waals surface area contributed by atoms with Gasteiger partial charge >= 0.3 is 0 Å². The molecular formula is C13H20N6O3S2. The number of carbonyl (C=O) groups is 3. The third-order valence-electron chi connectivity index (χ3n) is 3.37. The summed E-state index contributed by atoms with van der Waals surface area (Å²) in [7, 11) is 1.52. The molecule has 132 valence electrons. The van der Waals surface area contributed by atoms with Crippen LogP contribution >= 0.6 is 23.1 Å². The van der Waals surface area contributed by atoms with Crippen LogP contribution in [0.2, 0.25) is 0 Å². The molecule has 0 spiro atoms. The fourth-order valence-corrected chi connectivity index (χ4v) is 3.90. The van der Waals surface area contributed by atoms with Crippen LogP contribution in [0.25, 0.3) is 0 Å². The molecule has 2 heterocycles. The number of thioether (sulfide) groups is 1. The number of rotatable bonds is 7. The second-order valence-electron chi connectivity index (χ2n) is 5.01. The van der Waals surface area contributed by atoms with Crippen LogP contribution in [0.1, 0.15) is 13.3 Å². The van der Waals surface area contributed by atoms with E-state index in [0.717, 1.165) is 10.1 Å². The first-order valence-electron chi connectivity index (χ1n) is 7.52. The Labute approximate surface area is 148 Å².